The van der Waals surface area contributed by atoms with Gasteiger partial charge in [-0.3, -0.25) is 4.79 Å². The first kappa shape index (κ1) is 14.4. The molecule has 0 fully saturated rings. The predicted octanol–water partition coefficient (Wildman–Crippen LogP) is 2.70. The van der Waals surface area contributed by atoms with Crippen LogP contribution < -0.4 is 0 Å². The van der Waals surface area contributed by atoms with E-state index in [0.29, 0.717) is 5.33 Å². The molecule has 0 unspecified atom stereocenters. The second kappa shape index (κ2) is 6.92. The van der Waals surface area contributed by atoms with Gasteiger partial charge in [0.15, 0.2) is 5.78 Å². The molecule has 0 bridgehead atoms. The first-order chi connectivity index (χ1) is 8.65. The van der Waals surface area contributed by atoms with Gasteiger partial charge in [-0.25, -0.2) is 4.79 Å². The first-order valence-corrected chi connectivity index (χ1v) is 6.57. The molecule has 4 nitrogen and oxygen atoms in total. The zero-order valence-electron chi connectivity index (χ0n) is 9.90. The molecule has 18 heavy (non-hydrogen) atoms. The Bertz CT molecular complexity index is 469. The second-order valence-corrected chi connectivity index (χ2v) is 4.22. The highest BCUT2D eigenvalue weighted by Crippen LogP contribution is 2.17. The molecular formula is C13H12BrNO3. The van der Waals surface area contributed by atoms with E-state index in [1.165, 1.54) is 6.07 Å². The van der Waals surface area contributed by atoms with Crippen LogP contribution in [0.5, 0.6) is 0 Å². The summed E-state index contributed by atoms with van der Waals surface area (Å²) in [5.41, 5.74) is 0.490. The SMILES string of the molecule is CCOC(=O)c1cccc(C(=O)CCBr)c1C#N. The molecule has 1 rings (SSSR count). The standard InChI is InChI=1S/C13H12BrNO3/c1-2-18-13(17)10-5-3-4-9(11(10)8-15)12(16)6-7-14/h3-5H,2,6-7H2,1H3. The highest BCUT2D eigenvalue weighted by atomic mass is 79.9. The van der Waals surface area contributed by atoms with E-state index in [1.54, 1.807) is 19.1 Å². The number of ether oxygens (including phenoxy) is 1. The Morgan fingerprint density at radius 2 is 2.06 bits per heavy atom. The van der Waals surface area contributed by atoms with Gasteiger partial charge in [-0.15, -0.1) is 0 Å². The van der Waals surface area contributed by atoms with Crippen molar-refractivity contribution >= 4 is 27.7 Å². The number of rotatable bonds is 5. The zero-order chi connectivity index (χ0) is 13.5. The molecule has 0 N–H and O–H groups in total. The van der Waals surface area contributed by atoms with Crippen LogP contribution in [-0.2, 0) is 4.74 Å². The van der Waals surface area contributed by atoms with Crippen LogP contribution in [0.1, 0.15) is 39.6 Å². The number of hydrogen-bond donors (Lipinski definition) is 0. The van der Waals surface area contributed by atoms with Gasteiger partial charge in [0.2, 0.25) is 0 Å². The fourth-order valence-corrected chi connectivity index (χ4v) is 1.86. The van der Waals surface area contributed by atoms with Crippen molar-refractivity contribution in [2.75, 3.05) is 11.9 Å². The van der Waals surface area contributed by atoms with Crippen molar-refractivity contribution in [3.63, 3.8) is 0 Å². The minimum absolute atomic E-state index is 0.0851. The van der Waals surface area contributed by atoms with E-state index in [4.69, 9.17) is 10.00 Å². The normalized spacial score (nSPS) is 9.61. The molecule has 0 aromatic heterocycles. The number of carbonyl (C=O) groups is 2. The van der Waals surface area contributed by atoms with Crippen LogP contribution in [0.15, 0.2) is 18.2 Å². The van der Waals surface area contributed by atoms with Gasteiger partial charge >= 0.3 is 5.97 Å². The number of ketones is 1. The molecule has 0 heterocycles. The van der Waals surface area contributed by atoms with Gasteiger partial charge in [0.05, 0.1) is 17.7 Å². The third-order valence-electron chi connectivity index (χ3n) is 2.29. The molecule has 94 valence electrons. The lowest BCUT2D eigenvalue weighted by atomic mass is 9.98. The Kier molecular flexibility index (Phi) is 5.53. The van der Waals surface area contributed by atoms with Crippen molar-refractivity contribution in [1.82, 2.24) is 0 Å². The molecular weight excluding hydrogens is 298 g/mol. The van der Waals surface area contributed by atoms with Crippen LogP contribution in [0.4, 0.5) is 0 Å². The molecule has 0 amide bonds. The summed E-state index contributed by atoms with van der Waals surface area (Å²) in [6, 6.07) is 6.52. The van der Waals surface area contributed by atoms with Crippen LogP contribution in [0, 0.1) is 11.3 Å². The van der Waals surface area contributed by atoms with Gasteiger partial charge in [0.1, 0.15) is 6.07 Å². The predicted molar refractivity (Wildman–Crippen MR) is 69.9 cm³/mol. The average Bonchev–Trinajstić information content (AvgIpc) is 2.38. The maximum Gasteiger partial charge on any atom is 0.339 e. The lowest BCUT2D eigenvalue weighted by Crippen LogP contribution is -2.11. The molecule has 5 heteroatoms. The Labute approximate surface area is 114 Å². The minimum atomic E-state index is -0.581. The van der Waals surface area contributed by atoms with Gasteiger partial charge in [-0.1, -0.05) is 28.1 Å². The number of carbonyl (C=O) groups excluding carboxylic acids is 2. The van der Waals surface area contributed by atoms with Crippen molar-refractivity contribution in [3.8, 4) is 6.07 Å². The number of esters is 1. The lowest BCUT2D eigenvalue weighted by molar-refractivity contribution is 0.0526. The number of halogens is 1. The molecule has 0 saturated heterocycles. The summed E-state index contributed by atoms with van der Waals surface area (Å²) in [5.74, 6) is -0.753. The third kappa shape index (κ3) is 3.17. The Balaban J connectivity index is 3.23. The van der Waals surface area contributed by atoms with Crippen molar-refractivity contribution < 1.29 is 14.3 Å². The zero-order valence-corrected chi connectivity index (χ0v) is 11.5. The van der Waals surface area contributed by atoms with E-state index in [-0.39, 0.29) is 35.5 Å². The molecule has 1 aromatic rings. The minimum Gasteiger partial charge on any atom is -0.462 e. The molecule has 0 atom stereocenters. The Hall–Kier alpha value is -1.67. The monoisotopic (exact) mass is 309 g/mol. The maximum atomic E-state index is 11.8. The van der Waals surface area contributed by atoms with E-state index in [2.05, 4.69) is 15.9 Å². The fraction of sp³-hybridized carbons (Fsp3) is 0.308. The Morgan fingerprint density at radius 1 is 1.39 bits per heavy atom. The topological polar surface area (TPSA) is 67.2 Å². The van der Waals surface area contributed by atoms with Crippen LogP contribution in [-0.4, -0.2) is 23.7 Å². The van der Waals surface area contributed by atoms with E-state index < -0.39 is 5.97 Å². The average molecular weight is 310 g/mol. The highest BCUT2D eigenvalue weighted by molar-refractivity contribution is 9.09. The van der Waals surface area contributed by atoms with Crippen molar-refractivity contribution in [2.24, 2.45) is 0 Å². The van der Waals surface area contributed by atoms with Gasteiger partial charge in [-0.2, -0.15) is 5.26 Å². The molecule has 1 aromatic carbocycles. The summed E-state index contributed by atoms with van der Waals surface area (Å²) in [4.78, 5) is 23.5. The van der Waals surface area contributed by atoms with Gasteiger partial charge < -0.3 is 4.74 Å². The summed E-state index contributed by atoms with van der Waals surface area (Å²) in [7, 11) is 0. The number of benzene rings is 1. The highest BCUT2D eigenvalue weighted by Gasteiger charge is 2.19. The number of nitriles is 1. The summed E-state index contributed by atoms with van der Waals surface area (Å²) >= 11 is 3.17. The van der Waals surface area contributed by atoms with Gasteiger partial charge in [-0.05, 0) is 13.0 Å². The van der Waals surface area contributed by atoms with Crippen LogP contribution in [0.2, 0.25) is 0 Å². The van der Waals surface area contributed by atoms with Gasteiger partial charge in [0, 0.05) is 17.3 Å². The number of Topliss-reactive ketones (excluding diaryl/α,β-unsaturated/α-hetero) is 1. The third-order valence-corrected chi connectivity index (χ3v) is 2.69. The molecule has 0 aliphatic carbocycles. The van der Waals surface area contributed by atoms with Gasteiger partial charge in [0.25, 0.3) is 0 Å². The first-order valence-electron chi connectivity index (χ1n) is 5.45. The Morgan fingerprint density at radius 3 is 2.61 bits per heavy atom. The quantitative estimate of drug-likeness (QED) is 0.476. The number of nitrogens with zero attached hydrogens (tertiary/aromatic N) is 1. The molecule has 0 radical (unpaired) electrons. The number of hydrogen-bond acceptors (Lipinski definition) is 4. The molecule has 0 aliphatic rings. The smallest absolute Gasteiger partial charge is 0.339 e. The van der Waals surface area contributed by atoms with Crippen molar-refractivity contribution in [1.29, 1.82) is 5.26 Å². The van der Waals surface area contributed by atoms with Crippen molar-refractivity contribution in [2.45, 2.75) is 13.3 Å². The van der Waals surface area contributed by atoms with E-state index in [1.807, 2.05) is 6.07 Å². The van der Waals surface area contributed by atoms with Crippen LogP contribution >= 0.6 is 15.9 Å². The summed E-state index contributed by atoms with van der Waals surface area (Å²) in [5, 5.41) is 9.63. The largest absolute Gasteiger partial charge is 0.462 e. The van der Waals surface area contributed by atoms with Crippen LogP contribution in [0.25, 0.3) is 0 Å². The number of alkyl halides is 1. The molecule has 0 aliphatic heterocycles. The molecule has 0 saturated carbocycles. The molecule has 0 spiro atoms. The van der Waals surface area contributed by atoms with E-state index in [9.17, 15) is 9.59 Å². The summed E-state index contributed by atoms with van der Waals surface area (Å²) in [6.45, 7) is 1.91. The van der Waals surface area contributed by atoms with Crippen LogP contribution in [0.3, 0.4) is 0 Å². The lowest BCUT2D eigenvalue weighted by Gasteiger charge is -2.07. The van der Waals surface area contributed by atoms with E-state index in [0.717, 1.165) is 0 Å². The summed E-state index contributed by atoms with van der Waals surface area (Å²) < 4.78 is 4.85. The second-order valence-electron chi connectivity index (χ2n) is 3.42. The summed E-state index contributed by atoms with van der Waals surface area (Å²) in [6.07, 6.45) is 0.279. The maximum absolute atomic E-state index is 11.8. The fourth-order valence-electron chi connectivity index (χ4n) is 1.50. The van der Waals surface area contributed by atoms with Crippen molar-refractivity contribution in [3.05, 3.63) is 34.9 Å². The van der Waals surface area contributed by atoms with E-state index >= 15 is 0 Å².